The lowest BCUT2D eigenvalue weighted by molar-refractivity contribution is -0.135. The molecule has 0 bridgehead atoms. The first kappa shape index (κ1) is 29.7. The van der Waals surface area contributed by atoms with E-state index >= 15 is 0 Å². The first-order chi connectivity index (χ1) is 22.5. The molecular weight excluding hydrogens is 602 g/mol. The van der Waals surface area contributed by atoms with Crippen molar-refractivity contribution in [3.8, 4) is 12.1 Å². The van der Waals surface area contributed by atoms with Crippen molar-refractivity contribution in [2.75, 3.05) is 56.2 Å². The molecule has 1 saturated carbocycles. The molecule has 8 rings (SSSR count). The number of piperazine rings is 1. The smallest absolute Gasteiger partial charge is 0.318 e. The zero-order chi connectivity index (χ0) is 31.4. The molecule has 4 fully saturated rings. The number of likely N-dealkylation sites (tertiary alicyclic amines) is 1. The number of rotatable bonds is 8. The highest BCUT2D eigenvalue weighted by Crippen LogP contribution is 2.45. The fourth-order valence-corrected chi connectivity index (χ4v) is 7.99. The predicted molar refractivity (Wildman–Crippen MR) is 176 cm³/mol. The van der Waals surface area contributed by atoms with Gasteiger partial charge in [-0.05, 0) is 69.1 Å². The van der Waals surface area contributed by atoms with Crippen LogP contribution in [-0.2, 0) is 22.5 Å². The Kier molecular flexibility index (Phi) is 7.87. The minimum atomic E-state index is -0.339. The maximum atomic E-state index is 13.5. The number of amides is 1. The summed E-state index contributed by atoms with van der Waals surface area (Å²) < 4.78 is 12.1. The van der Waals surface area contributed by atoms with Crippen molar-refractivity contribution in [1.29, 1.82) is 5.26 Å². The van der Waals surface area contributed by atoms with Crippen LogP contribution in [0.5, 0.6) is 6.01 Å². The van der Waals surface area contributed by atoms with Gasteiger partial charge in [0.25, 0.3) is 5.91 Å². The van der Waals surface area contributed by atoms with Crippen LogP contribution in [0.1, 0.15) is 43.4 Å². The number of hydrogen-bond acceptors (Lipinski definition) is 9. The molecular formula is C35H40ClN7O3. The average molecular weight is 642 g/mol. The number of carbonyl (C=O) groups excluding carboxylic acids is 1. The van der Waals surface area contributed by atoms with E-state index in [0.29, 0.717) is 50.8 Å². The summed E-state index contributed by atoms with van der Waals surface area (Å²) in [4.78, 5) is 32.3. The van der Waals surface area contributed by atoms with Crippen molar-refractivity contribution < 1.29 is 14.3 Å². The molecule has 3 aromatic rings. The molecule has 1 aromatic heterocycles. The maximum Gasteiger partial charge on any atom is 0.318 e. The van der Waals surface area contributed by atoms with Crippen molar-refractivity contribution in [3.63, 3.8) is 0 Å². The first-order valence-electron chi connectivity index (χ1n) is 16.7. The van der Waals surface area contributed by atoms with Gasteiger partial charge in [-0.2, -0.15) is 15.2 Å². The first-order valence-corrected chi connectivity index (χ1v) is 17.1. The van der Waals surface area contributed by atoms with Gasteiger partial charge in [-0.1, -0.05) is 35.9 Å². The number of nitrogens with zero attached hydrogens (tertiary/aromatic N) is 7. The van der Waals surface area contributed by atoms with Crippen LogP contribution in [0.25, 0.3) is 10.8 Å². The van der Waals surface area contributed by atoms with Crippen LogP contribution in [0.15, 0.2) is 36.4 Å². The predicted octanol–water partition coefficient (Wildman–Crippen LogP) is 4.43. The van der Waals surface area contributed by atoms with Crippen LogP contribution in [0.2, 0.25) is 5.02 Å². The number of carbonyl (C=O) groups is 1. The molecule has 1 aliphatic carbocycles. The van der Waals surface area contributed by atoms with Gasteiger partial charge in [0.1, 0.15) is 12.4 Å². The minimum absolute atomic E-state index is 0.0376. The largest absolute Gasteiger partial charge is 0.462 e. The Morgan fingerprint density at radius 3 is 2.70 bits per heavy atom. The normalized spacial score (nSPS) is 26.2. The number of hydrogen-bond donors (Lipinski definition) is 0. The van der Waals surface area contributed by atoms with Gasteiger partial charge in [0.15, 0.2) is 6.10 Å². The Hall–Kier alpha value is -3.65. The quantitative estimate of drug-likeness (QED) is 0.331. The maximum absolute atomic E-state index is 13.5. The van der Waals surface area contributed by atoms with Crippen LogP contribution < -0.4 is 14.5 Å². The van der Waals surface area contributed by atoms with Crippen molar-refractivity contribution in [3.05, 3.63) is 52.7 Å². The van der Waals surface area contributed by atoms with Crippen molar-refractivity contribution in [2.24, 2.45) is 5.92 Å². The Balaban J connectivity index is 1.09. The molecule has 0 N–H and O–H groups in total. The molecule has 5 heterocycles. The van der Waals surface area contributed by atoms with Crippen molar-refractivity contribution in [2.45, 2.75) is 69.4 Å². The van der Waals surface area contributed by atoms with Crippen molar-refractivity contribution in [1.82, 2.24) is 19.8 Å². The number of nitriles is 1. The third kappa shape index (κ3) is 5.63. The monoisotopic (exact) mass is 641 g/mol. The van der Waals surface area contributed by atoms with Gasteiger partial charge < -0.3 is 29.1 Å². The van der Waals surface area contributed by atoms with Crippen LogP contribution in [-0.4, -0.2) is 96.3 Å². The number of benzene rings is 2. The van der Waals surface area contributed by atoms with Gasteiger partial charge in [-0.3, -0.25) is 4.79 Å². The summed E-state index contributed by atoms with van der Waals surface area (Å²) in [5, 5.41) is 12.6. The molecule has 10 nitrogen and oxygen atoms in total. The molecule has 0 radical (unpaired) electrons. The molecule has 1 amide bonds. The molecule has 0 spiro atoms. The molecule has 0 unspecified atom stereocenters. The van der Waals surface area contributed by atoms with E-state index in [9.17, 15) is 10.1 Å². The second-order valence-corrected chi connectivity index (χ2v) is 13.9. The third-order valence-corrected chi connectivity index (χ3v) is 10.8. The summed E-state index contributed by atoms with van der Waals surface area (Å²) >= 11 is 6.73. The topological polar surface area (TPSA) is 101 Å². The van der Waals surface area contributed by atoms with Gasteiger partial charge in [-0.25, -0.2) is 0 Å². The third-order valence-electron chi connectivity index (χ3n) is 10.5. The number of halogens is 1. The van der Waals surface area contributed by atoms with Gasteiger partial charge in [-0.15, -0.1) is 0 Å². The van der Waals surface area contributed by atoms with E-state index in [-0.39, 0.29) is 30.6 Å². The van der Waals surface area contributed by atoms with E-state index in [1.165, 1.54) is 6.42 Å². The van der Waals surface area contributed by atoms with E-state index in [0.717, 1.165) is 77.3 Å². The van der Waals surface area contributed by atoms with Gasteiger partial charge >= 0.3 is 6.01 Å². The molecule has 240 valence electrons. The van der Waals surface area contributed by atoms with Gasteiger partial charge in [0.05, 0.1) is 41.9 Å². The number of anilines is 2. The molecule has 4 aliphatic heterocycles. The van der Waals surface area contributed by atoms with E-state index in [1.54, 1.807) is 0 Å². The van der Waals surface area contributed by atoms with E-state index in [2.05, 4.69) is 52.1 Å². The lowest BCUT2D eigenvalue weighted by Crippen LogP contribution is -2.57. The molecule has 2 aromatic carbocycles. The second kappa shape index (κ2) is 12.2. The highest BCUT2D eigenvalue weighted by molar-refractivity contribution is 6.36. The van der Waals surface area contributed by atoms with Crippen LogP contribution >= 0.6 is 11.6 Å². The summed E-state index contributed by atoms with van der Waals surface area (Å²) in [6.07, 6.45) is 5.32. The molecule has 4 atom stereocenters. The summed E-state index contributed by atoms with van der Waals surface area (Å²) in [5.41, 5.74) is 3.16. The zero-order valence-corrected chi connectivity index (χ0v) is 27.0. The molecule has 11 heteroatoms. The highest BCUT2D eigenvalue weighted by Gasteiger charge is 2.55. The number of aromatic nitrogens is 2. The Morgan fingerprint density at radius 2 is 1.91 bits per heavy atom. The fraction of sp³-hybridized carbons (Fsp3) is 0.543. The minimum Gasteiger partial charge on any atom is -0.462 e. The average Bonchev–Trinajstić information content (AvgIpc) is 4.00. The van der Waals surface area contributed by atoms with Crippen LogP contribution in [0.4, 0.5) is 11.5 Å². The Labute approximate surface area is 274 Å². The fourth-order valence-electron chi connectivity index (χ4n) is 7.71. The Morgan fingerprint density at radius 1 is 1.07 bits per heavy atom. The number of fused-ring (bicyclic) bond motifs is 2. The van der Waals surface area contributed by atoms with Gasteiger partial charge in [0, 0.05) is 48.9 Å². The Bertz CT molecular complexity index is 1690. The summed E-state index contributed by atoms with van der Waals surface area (Å²) in [5.74, 6) is 1.43. The number of ether oxygens (including phenoxy) is 2. The lowest BCUT2D eigenvalue weighted by Gasteiger charge is -2.42. The number of epoxide rings is 1. The standard InChI is InChI=1S/C35H40ClN7O3/c1-40-15-4-7-25(40)21-45-35-38-28-20-41(29-9-3-6-22-5-2-8-27(36)30(22)29)16-13-26(28)33(39-35)42-17-18-43(24(19-42)12-14-37)34(44)32-31(46-32)23-10-11-23/h2-3,5-6,8-9,23-25,31-32H,4,7,10-13,15-21H2,1H3/t24-,25-,31-,32+/m0/s1. The van der Waals surface area contributed by atoms with E-state index in [1.807, 2.05) is 17.0 Å². The molecule has 46 heavy (non-hydrogen) atoms. The zero-order valence-electron chi connectivity index (χ0n) is 26.3. The van der Waals surface area contributed by atoms with E-state index in [4.69, 9.17) is 31.0 Å². The van der Waals surface area contributed by atoms with Crippen molar-refractivity contribution >= 4 is 39.8 Å². The lowest BCUT2D eigenvalue weighted by atomic mass is 10.0. The van der Waals surface area contributed by atoms with Crippen LogP contribution in [0, 0.1) is 17.2 Å². The van der Waals surface area contributed by atoms with E-state index < -0.39 is 0 Å². The van der Waals surface area contributed by atoms with Gasteiger partial charge in [0.2, 0.25) is 0 Å². The molecule has 3 saturated heterocycles. The second-order valence-electron chi connectivity index (χ2n) is 13.5. The highest BCUT2D eigenvalue weighted by atomic mass is 35.5. The molecule has 5 aliphatic rings. The number of likely N-dealkylation sites (N-methyl/N-ethyl adjacent to an activating group) is 1. The summed E-state index contributed by atoms with van der Waals surface area (Å²) in [7, 11) is 2.14. The van der Waals surface area contributed by atoms with Crippen LogP contribution in [0.3, 0.4) is 0 Å². The SMILES string of the molecule is CN1CCC[C@H]1COc1nc2c(c(N3CCN(C(=O)[C@@H]4O[C@H]4C4CC4)[C@@H](CC#N)C3)n1)CCN(c1cccc3cccc(Cl)c13)C2. The summed E-state index contributed by atoms with van der Waals surface area (Å²) in [6, 6.07) is 15.2. The summed E-state index contributed by atoms with van der Waals surface area (Å²) in [6.45, 7) is 4.72.